The Labute approximate surface area is 117 Å². The zero-order valence-electron chi connectivity index (χ0n) is 13.3. The predicted molar refractivity (Wildman–Crippen MR) is 80.6 cm³/mol. The molecule has 1 aliphatic carbocycles. The lowest BCUT2D eigenvalue weighted by molar-refractivity contribution is 0.162. The first kappa shape index (κ1) is 14.6. The van der Waals surface area contributed by atoms with Crippen LogP contribution in [0.15, 0.2) is 6.20 Å². The van der Waals surface area contributed by atoms with Crippen LogP contribution in [0, 0.1) is 12.8 Å². The lowest BCUT2D eigenvalue weighted by Gasteiger charge is -2.45. The molecular formula is C16H29N3. The molecule has 3 atom stereocenters. The Morgan fingerprint density at radius 1 is 1.37 bits per heavy atom. The molecule has 1 aliphatic rings. The second-order valence-corrected chi connectivity index (χ2v) is 6.86. The van der Waals surface area contributed by atoms with Crippen molar-refractivity contribution in [2.75, 3.05) is 6.54 Å². The van der Waals surface area contributed by atoms with E-state index in [-0.39, 0.29) is 5.54 Å². The van der Waals surface area contributed by atoms with Crippen LogP contribution >= 0.6 is 0 Å². The largest absolute Gasteiger partial charge is 0.314 e. The van der Waals surface area contributed by atoms with Crippen molar-refractivity contribution in [3.05, 3.63) is 17.5 Å². The Bertz CT molecular complexity index is 428. The molecule has 1 heterocycles. The summed E-state index contributed by atoms with van der Waals surface area (Å²) in [4.78, 5) is 0. The summed E-state index contributed by atoms with van der Waals surface area (Å²) in [6.45, 7) is 14.4. The molecule has 1 N–H and O–H groups in total. The van der Waals surface area contributed by atoms with E-state index in [0.29, 0.717) is 12.0 Å². The van der Waals surface area contributed by atoms with Gasteiger partial charge in [0.05, 0.1) is 11.2 Å². The maximum absolute atomic E-state index is 4.72. The number of nitrogens with one attached hydrogen (secondary N) is 1. The van der Waals surface area contributed by atoms with E-state index in [2.05, 4.69) is 57.7 Å². The SMILES string of the molecule is CCNC1CC(c2cn(C(C)(C)C)nc2C)C1CC. The summed E-state index contributed by atoms with van der Waals surface area (Å²) in [6.07, 6.45) is 4.80. The van der Waals surface area contributed by atoms with Crippen molar-refractivity contribution in [1.29, 1.82) is 0 Å². The van der Waals surface area contributed by atoms with Gasteiger partial charge in [0.2, 0.25) is 0 Å². The van der Waals surface area contributed by atoms with Crippen molar-refractivity contribution in [3.8, 4) is 0 Å². The fourth-order valence-electron chi connectivity index (χ4n) is 3.31. The molecule has 1 fully saturated rings. The summed E-state index contributed by atoms with van der Waals surface area (Å²) in [6, 6.07) is 0.706. The van der Waals surface area contributed by atoms with Crippen molar-refractivity contribution in [2.45, 2.75) is 71.9 Å². The van der Waals surface area contributed by atoms with E-state index in [4.69, 9.17) is 5.10 Å². The van der Waals surface area contributed by atoms with Crippen LogP contribution in [0.3, 0.4) is 0 Å². The summed E-state index contributed by atoms with van der Waals surface area (Å²) in [5.74, 6) is 1.47. The molecule has 108 valence electrons. The quantitative estimate of drug-likeness (QED) is 0.902. The molecule has 0 radical (unpaired) electrons. The zero-order valence-corrected chi connectivity index (χ0v) is 13.3. The minimum atomic E-state index is 0.0789. The summed E-state index contributed by atoms with van der Waals surface area (Å²) >= 11 is 0. The first-order chi connectivity index (χ1) is 8.88. The van der Waals surface area contributed by atoms with Crippen molar-refractivity contribution >= 4 is 0 Å². The van der Waals surface area contributed by atoms with E-state index >= 15 is 0 Å². The van der Waals surface area contributed by atoms with Gasteiger partial charge in [0.15, 0.2) is 0 Å². The monoisotopic (exact) mass is 263 g/mol. The van der Waals surface area contributed by atoms with Crippen molar-refractivity contribution in [1.82, 2.24) is 15.1 Å². The topological polar surface area (TPSA) is 29.9 Å². The average molecular weight is 263 g/mol. The van der Waals surface area contributed by atoms with Crippen LogP contribution in [0.25, 0.3) is 0 Å². The molecular weight excluding hydrogens is 234 g/mol. The van der Waals surface area contributed by atoms with Crippen molar-refractivity contribution < 1.29 is 0 Å². The number of aryl methyl sites for hydroxylation is 1. The molecule has 0 saturated heterocycles. The third kappa shape index (κ3) is 2.71. The van der Waals surface area contributed by atoms with Gasteiger partial charge in [-0.3, -0.25) is 4.68 Å². The Morgan fingerprint density at radius 3 is 2.53 bits per heavy atom. The number of nitrogens with zero attached hydrogens (tertiary/aromatic N) is 2. The average Bonchev–Trinajstić information content (AvgIpc) is 2.66. The van der Waals surface area contributed by atoms with E-state index < -0.39 is 0 Å². The second kappa shape index (κ2) is 5.28. The molecule has 19 heavy (non-hydrogen) atoms. The van der Waals surface area contributed by atoms with Crippen LogP contribution in [-0.4, -0.2) is 22.4 Å². The number of rotatable bonds is 4. The third-order valence-corrected chi connectivity index (χ3v) is 4.50. The first-order valence-corrected chi connectivity index (χ1v) is 7.68. The molecule has 1 saturated carbocycles. The van der Waals surface area contributed by atoms with Gasteiger partial charge in [0.1, 0.15) is 0 Å². The van der Waals surface area contributed by atoms with Crippen LogP contribution in [0.4, 0.5) is 0 Å². The maximum Gasteiger partial charge on any atom is 0.0628 e. The minimum absolute atomic E-state index is 0.0789. The van der Waals surface area contributed by atoms with Gasteiger partial charge in [0, 0.05) is 12.2 Å². The van der Waals surface area contributed by atoms with Crippen molar-refractivity contribution in [3.63, 3.8) is 0 Å². The van der Waals surface area contributed by atoms with Crippen molar-refractivity contribution in [2.24, 2.45) is 5.92 Å². The zero-order chi connectivity index (χ0) is 14.2. The standard InChI is InChI=1S/C16H29N3/c1-7-12-13(9-15(12)17-8-2)14-10-19(16(4,5)6)18-11(14)3/h10,12-13,15,17H,7-9H2,1-6H3. The van der Waals surface area contributed by atoms with E-state index in [1.807, 2.05) is 0 Å². The van der Waals surface area contributed by atoms with Crippen LogP contribution in [0.2, 0.25) is 0 Å². The molecule has 3 heteroatoms. The van der Waals surface area contributed by atoms with Crippen LogP contribution < -0.4 is 5.32 Å². The number of hydrogen-bond acceptors (Lipinski definition) is 2. The van der Waals surface area contributed by atoms with Gasteiger partial charge in [-0.1, -0.05) is 20.3 Å². The highest BCUT2D eigenvalue weighted by molar-refractivity contribution is 5.26. The minimum Gasteiger partial charge on any atom is -0.314 e. The number of aromatic nitrogens is 2. The highest BCUT2D eigenvalue weighted by Gasteiger charge is 2.41. The Kier molecular flexibility index (Phi) is 4.05. The maximum atomic E-state index is 4.72. The van der Waals surface area contributed by atoms with E-state index in [1.165, 1.54) is 24.1 Å². The summed E-state index contributed by atoms with van der Waals surface area (Å²) in [5.41, 5.74) is 2.76. The van der Waals surface area contributed by atoms with Gasteiger partial charge >= 0.3 is 0 Å². The summed E-state index contributed by atoms with van der Waals surface area (Å²) in [7, 11) is 0. The Hall–Kier alpha value is -0.830. The highest BCUT2D eigenvalue weighted by atomic mass is 15.3. The molecule has 0 aliphatic heterocycles. The van der Waals surface area contributed by atoms with E-state index in [9.17, 15) is 0 Å². The molecule has 2 rings (SSSR count). The van der Waals surface area contributed by atoms with Gasteiger partial charge in [0.25, 0.3) is 0 Å². The first-order valence-electron chi connectivity index (χ1n) is 7.68. The molecule has 3 unspecified atom stereocenters. The smallest absolute Gasteiger partial charge is 0.0628 e. The van der Waals surface area contributed by atoms with Gasteiger partial charge in [-0.15, -0.1) is 0 Å². The molecule has 1 aromatic heterocycles. The predicted octanol–water partition coefficient (Wildman–Crippen LogP) is 3.44. The fourth-order valence-corrected chi connectivity index (χ4v) is 3.31. The molecule has 3 nitrogen and oxygen atoms in total. The normalized spacial score (nSPS) is 27.4. The molecule has 0 bridgehead atoms. The highest BCUT2D eigenvalue weighted by Crippen LogP contribution is 2.45. The molecule has 1 aromatic rings. The van der Waals surface area contributed by atoms with E-state index in [0.717, 1.165) is 12.5 Å². The van der Waals surface area contributed by atoms with Gasteiger partial charge < -0.3 is 5.32 Å². The molecule has 0 aromatic carbocycles. The van der Waals surface area contributed by atoms with Crippen LogP contribution in [-0.2, 0) is 5.54 Å². The lowest BCUT2D eigenvalue weighted by Crippen LogP contribution is -2.48. The van der Waals surface area contributed by atoms with Crippen LogP contribution in [0.5, 0.6) is 0 Å². The summed E-state index contributed by atoms with van der Waals surface area (Å²) < 4.78 is 2.13. The number of hydrogen-bond donors (Lipinski definition) is 1. The van der Waals surface area contributed by atoms with E-state index in [1.54, 1.807) is 0 Å². The van der Waals surface area contributed by atoms with Gasteiger partial charge in [-0.25, -0.2) is 0 Å². The van der Waals surface area contributed by atoms with Gasteiger partial charge in [-0.05, 0) is 58.1 Å². The Balaban J connectivity index is 2.17. The Morgan fingerprint density at radius 2 is 2.05 bits per heavy atom. The molecule has 0 spiro atoms. The lowest BCUT2D eigenvalue weighted by atomic mass is 9.65. The third-order valence-electron chi connectivity index (χ3n) is 4.50. The van der Waals surface area contributed by atoms with Gasteiger partial charge in [-0.2, -0.15) is 5.10 Å². The molecule has 0 amide bonds. The fraction of sp³-hybridized carbons (Fsp3) is 0.812. The summed E-state index contributed by atoms with van der Waals surface area (Å²) in [5, 5.41) is 8.33. The van der Waals surface area contributed by atoms with Crippen LogP contribution in [0.1, 0.15) is 64.6 Å². The second-order valence-electron chi connectivity index (χ2n) is 6.86.